The Morgan fingerprint density at radius 2 is 2.26 bits per heavy atom. The lowest BCUT2D eigenvalue weighted by Crippen LogP contribution is -2.52. The SMILES string of the molecule is CC(C)(C)OC(=O)NCC1CNC2CCOCC2C1. The van der Waals surface area contributed by atoms with Crippen LogP contribution in [0.4, 0.5) is 4.79 Å². The van der Waals surface area contributed by atoms with Crippen molar-refractivity contribution in [3.8, 4) is 0 Å². The van der Waals surface area contributed by atoms with E-state index in [-0.39, 0.29) is 6.09 Å². The summed E-state index contributed by atoms with van der Waals surface area (Å²) in [6.45, 7) is 8.98. The molecule has 110 valence electrons. The molecule has 0 aromatic rings. The van der Waals surface area contributed by atoms with Crippen molar-refractivity contribution in [3.05, 3.63) is 0 Å². The van der Waals surface area contributed by atoms with Crippen LogP contribution >= 0.6 is 0 Å². The van der Waals surface area contributed by atoms with Crippen molar-refractivity contribution in [1.29, 1.82) is 0 Å². The molecular weight excluding hydrogens is 244 g/mol. The Hall–Kier alpha value is -0.810. The Morgan fingerprint density at radius 3 is 3.00 bits per heavy atom. The quantitative estimate of drug-likeness (QED) is 0.799. The van der Waals surface area contributed by atoms with Crippen molar-refractivity contribution < 1.29 is 14.3 Å². The molecule has 0 spiro atoms. The van der Waals surface area contributed by atoms with E-state index in [1.165, 1.54) is 0 Å². The van der Waals surface area contributed by atoms with Crippen molar-refractivity contribution in [1.82, 2.24) is 10.6 Å². The molecule has 2 heterocycles. The van der Waals surface area contributed by atoms with Crippen molar-refractivity contribution in [2.24, 2.45) is 11.8 Å². The van der Waals surface area contributed by atoms with E-state index >= 15 is 0 Å². The van der Waals surface area contributed by atoms with Gasteiger partial charge in [0.15, 0.2) is 0 Å². The van der Waals surface area contributed by atoms with E-state index < -0.39 is 5.60 Å². The summed E-state index contributed by atoms with van der Waals surface area (Å²) >= 11 is 0. The van der Waals surface area contributed by atoms with E-state index in [1.54, 1.807) is 0 Å². The van der Waals surface area contributed by atoms with Gasteiger partial charge in [-0.3, -0.25) is 0 Å². The van der Waals surface area contributed by atoms with Gasteiger partial charge in [0, 0.05) is 19.2 Å². The van der Waals surface area contributed by atoms with Crippen LogP contribution in [-0.4, -0.2) is 44.0 Å². The highest BCUT2D eigenvalue weighted by molar-refractivity contribution is 5.67. The predicted octanol–water partition coefficient (Wildman–Crippen LogP) is 1.53. The number of hydrogen-bond donors (Lipinski definition) is 2. The van der Waals surface area contributed by atoms with E-state index in [2.05, 4.69) is 10.6 Å². The number of rotatable bonds is 2. The molecule has 2 aliphatic rings. The van der Waals surface area contributed by atoms with Crippen LogP contribution in [0.15, 0.2) is 0 Å². The second-order valence-corrected chi connectivity index (χ2v) is 6.62. The smallest absolute Gasteiger partial charge is 0.407 e. The normalized spacial score (nSPS) is 31.4. The van der Waals surface area contributed by atoms with Gasteiger partial charge in [0.05, 0.1) is 6.61 Å². The Labute approximate surface area is 115 Å². The summed E-state index contributed by atoms with van der Waals surface area (Å²) in [5, 5.41) is 6.43. The first-order valence-electron chi connectivity index (χ1n) is 7.22. The fourth-order valence-corrected chi connectivity index (χ4v) is 2.82. The van der Waals surface area contributed by atoms with Crippen molar-refractivity contribution in [2.75, 3.05) is 26.3 Å². The molecule has 0 aliphatic carbocycles. The lowest BCUT2D eigenvalue weighted by atomic mass is 9.82. The number of amides is 1. The van der Waals surface area contributed by atoms with Gasteiger partial charge >= 0.3 is 6.09 Å². The third-order valence-corrected chi connectivity index (χ3v) is 3.71. The zero-order chi connectivity index (χ0) is 13.9. The van der Waals surface area contributed by atoms with Crippen molar-refractivity contribution >= 4 is 6.09 Å². The summed E-state index contributed by atoms with van der Waals surface area (Å²) in [4.78, 5) is 11.6. The molecule has 2 aliphatic heterocycles. The van der Waals surface area contributed by atoms with Crippen LogP contribution in [-0.2, 0) is 9.47 Å². The lowest BCUT2D eigenvalue weighted by molar-refractivity contribution is 0.00664. The van der Waals surface area contributed by atoms with Gasteiger partial charge in [0.1, 0.15) is 5.60 Å². The molecule has 0 bridgehead atoms. The van der Waals surface area contributed by atoms with E-state index in [0.717, 1.165) is 32.6 Å². The summed E-state index contributed by atoms with van der Waals surface area (Å²) < 4.78 is 10.8. The number of hydrogen-bond acceptors (Lipinski definition) is 4. The molecule has 0 aromatic heterocycles. The molecule has 3 unspecified atom stereocenters. The molecule has 3 atom stereocenters. The Balaban J connectivity index is 1.70. The van der Waals surface area contributed by atoms with Crippen LogP contribution in [0.3, 0.4) is 0 Å². The number of ether oxygens (including phenoxy) is 2. The molecule has 2 fully saturated rings. The molecule has 0 saturated carbocycles. The first kappa shape index (κ1) is 14.6. The minimum atomic E-state index is -0.433. The Kier molecular flexibility index (Phi) is 4.68. The van der Waals surface area contributed by atoms with Gasteiger partial charge in [-0.05, 0) is 52.0 Å². The molecule has 5 heteroatoms. The maximum Gasteiger partial charge on any atom is 0.407 e. The maximum absolute atomic E-state index is 11.6. The van der Waals surface area contributed by atoms with E-state index in [4.69, 9.17) is 9.47 Å². The molecule has 2 N–H and O–H groups in total. The number of carbonyl (C=O) groups is 1. The highest BCUT2D eigenvalue weighted by atomic mass is 16.6. The first-order chi connectivity index (χ1) is 8.94. The van der Waals surface area contributed by atoms with Crippen molar-refractivity contribution in [3.63, 3.8) is 0 Å². The maximum atomic E-state index is 11.6. The second kappa shape index (κ2) is 6.09. The number of nitrogens with one attached hydrogen (secondary N) is 2. The Bertz CT molecular complexity index is 314. The highest BCUT2D eigenvalue weighted by Gasteiger charge is 2.32. The third kappa shape index (κ3) is 4.66. The minimum Gasteiger partial charge on any atom is -0.444 e. The predicted molar refractivity (Wildman–Crippen MR) is 73.1 cm³/mol. The molecule has 0 radical (unpaired) electrons. The van der Waals surface area contributed by atoms with Crippen LogP contribution in [0.5, 0.6) is 0 Å². The van der Waals surface area contributed by atoms with Gasteiger partial charge in [-0.2, -0.15) is 0 Å². The van der Waals surface area contributed by atoms with Gasteiger partial charge in [0.25, 0.3) is 0 Å². The largest absolute Gasteiger partial charge is 0.444 e. The van der Waals surface area contributed by atoms with Gasteiger partial charge in [-0.1, -0.05) is 0 Å². The van der Waals surface area contributed by atoms with Gasteiger partial charge in [-0.15, -0.1) is 0 Å². The summed E-state index contributed by atoms with van der Waals surface area (Å²) in [6, 6.07) is 0.603. The van der Waals surface area contributed by atoms with Crippen LogP contribution in [0.25, 0.3) is 0 Å². The van der Waals surface area contributed by atoms with Gasteiger partial charge < -0.3 is 20.1 Å². The fourth-order valence-electron chi connectivity index (χ4n) is 2.82. The summed E-state index contributed by atoms with van der Waals surface area (Å²) in [7, 11) is 0. The summed E-state index contributed by atoms with van der Waals surface area (Å²) in [5.41, 5.74) is -0.433. The van der Waals surface area contributed by atoms with Crippen LogP contribution in [0.1, 0.15) is 33.6 Å². The monoisotopic (exact) mass is 270 g/mol. The topological polar surface area (TPSA) is 59.6 Å². The van der Waals surface area contributed by atoms with Crippen LogP contribution in [0, 0.1) is 11.8 Å². The average Bonchev–Trinajstić information content (AvgIpc) is 2.34. The van der Waals surface area contributed by atoms with Crippen molar-refractivity contribution in [2.45, 2.75) is 45.3 Å². The zero-order valence-electron chi connectivity index (χ0n) is 12.2. The van der Waals surface area contributed by atoms with E-state index in [1.807, 2.05) is 20.8 Å². The van der Waals surface area contributed by atoms with Gasteiger partial charge in [-0.25, -0.2) is 4.79 Å². The van der Waals surface area contributed by atoms with E-state index in [0.29, 0.717) is 24.4 Å². The minimum absolute atomic E-state index is 0.325. The molecule has 1 amide bonds. The summed E-state index contributed by atoms with van der Waals surface area (Å²) in [6.07, 6.45) is 1.90. The highest BCUT2D eigenvalue weighted by Crippen LogP contribution is 2.26. The van der Waals surface area contributed by atoms with E-state index in [9.17, 15) is 4.79 Å². The van der Waals surface area contributed by atoms with Gasteiger partial charge in [0.2, 0.25) is 0 Å². The molecule has 19 heavy (non-hydrogen) atoms. The number of fused-ring (bicyclic) bond motifs is 1. The molecule has 5 nitrogen and oxygen atoms in total. The van der Waals surface area contributed by atoms with Crippen LogP contribution < -0.4 is 10.6 Å². The third-order valence-electron chi connectivity index (χ3n) is 3.71. The average molecular weight is 270 g/mol. The standard InChI is InChI=1S/C14H26N2O3/c1-14(2,3)19-13(17)16-8-10-6-11-9-18-5-4-12(11)15-7-10/h10-12,15H,4-9H2,1-3H3,(H,16,17). The summed E-state index contributed by atoms with van der Waals surface area (Å²) in [5.74, 6) is 1.06. The molecular formula is C14H26N2O3. The zero-order valence-corrected chi connectivity index (χ0v) is 12.2. The number of carbonyl (C=O) groups excluding carboxylic acids is 1. The molecule has 2 rings (SSSR count). The molecule has 2 saturated heterocycles. The number of alkyl carbamates (subject to hydrolysis) is 1. The number of piperidine rings is 1. The van der Waals surface area contributed by atoms with Crippen LogP contribution in [0.2, 0.25) is 0 Å². The lowest BCUT2D eigenvalue weighted by Gasteiger charge is -2.40. The molecule has 0 aromatic carbocycles. The second-order valence-electron chi connectivity index (χ2n) is 6.62. The first-order valence-corrected chi connectivity index (χ1v) is 7.22. The fraction of sp³-hybridized carbons (Fsp3) is 0.929. The Morgan fingerprint density at radius 1 is 1.47 bits per heavy atom.